The molecule has 2 aromatic heterocycles. The van der Waals surface area contributed by atoms with Crippen molar-refractivity contribution in [1.82, 2.24) is 14.8 Å². The van der Waals surface area contributed by atoms with Crippen LogP contribution in [0.15, 0.2) is 70.3 Å². The molecule has 0 bridgehead atoms. The Morgan fingerprint density at radius 1 is 1.06 bits per heavy atom. The van der Waals surface area contributed by atoms with E-state index in [1.807, 2.05) is 69.3 Å². The lowest BCUT2D eigenvalue weighted by Gasteiger charge is -2.09. The molecule has 7 heteroatoms. The molecule has 0 radical (unpaired) electrons. The van der Waals surface area contributed by atoms with Crippen molar-refractivity contribution in [2.75, 3.05) is 12.4 Å². The molecule has 0 atom stereocenters. The van der Waals surface area contributed by atoms with E-state index in [-0.39, 0.29) is 11.5 Å². The van der Waals surface area contributed by atoms with Gasteiger partial charge in [0.2, 0.25) is 0 Å². The Labute approximate surface area is 191 Å². The Balaban J connectivity index is 1.45. The maximum absolute atomic E-state index is 12.9. The lowest BCUT2D eigenvalue weighted by Crippen LogP contribution is -2.07. The number of ketones is 1. The second-order valence-corrected chi connectivity index (χ2v) is 8.30. The van der Waals surface area contributed by atoms with Crippen LogP contribution in [0.3, 0.4) is 0 Å². The molecular weight excluding hydrogens is 422 g/mol. The van der Waals surface area contributed by atoms with Gasteiger partial charge in [0.1, 0.15) is 5.75 Å². The minimum atomic E-state index is 0.0388. The number of benzene rings is 2. The summed E-state index contributed by atoms with van der Waals surface area (Å²) >= 11 is 1.25. The van der Waals surface area contributed by atoms with Gasteiger partial charge in [0.25, 0.3) is 11.1 Å². The van der Waals surface area contributed by atoms with Gasteiger partial charge in [0.15, 0.2) is 5.78 Å². The van der Waals surface area contributed by atoms with Crippen molar-refractivity contribution in [1.29, 1.82) is 0 Å². The van der Waals surface area contributed by atoms with Crippen LogP contribution >= 0.6 is 11.8 Å². The van der Waals surface area contributed by atoms with Crippen molar-refractivity contribution in [2.24, 2.45) is 0 Å². The smallest absolute Gasteiger partial charge is 0.277 e. The topological polar surface area (TPSA) is 70.2 Å². The number of Topliss-reactive ketones (excluding diaryl/α,β-unsaturated/α-hetero) is 1. The Hall–Kier alpha value is -3.32. The van der Waals surface area contributed by atoms with Crippen molar-refractivity contribution in [3.8, 4) is 17.2 Å². The highest BCUT2D eigenvalue weighted by Crippen LogP contribution is 2.31. The van der Waals surface area contributed by atoms with Crippen molar-refractivity contribution in [3.05, 3.63) is 83.2 Å². The molecule has 0 fully saturated rings. The number of para-hydroxylation sites is 1. The van der Waals surface area contributed by atoms with Crippen molar-refractivity contribution >= 4 is 17.5 Å². The second-order valence-electron chi connectivity index (χ2n) is 7.37. The van der Waals surface area contributed by atoms with Crippen LogP contribution < -0.4 is 4.74 Å². The van der Waals surface area contributed by atoms with E-state index in [4.69, 9.17) is 9.15 Å². The van der Waals surface area contributed by atoms with Crippen molar-refractivity contribution < 1.29 is 13.9 Å². The van der Waals surface area contributed by atoms with Gasteiger partial charge >= 0.3 is 0 Å². The van der Waals surface area contributed by atoms with E-state index in [9.17, 15) is 4.79 Å². The summed E-state index contributed by atoms with van der Waals surface area (Å²) in [5.41, 5.74) is 4.70. The Bertz CT molecular complexity index is 1210. The molecule has 0 amide bonds. The molecule has 164 valence electrons. The van der Waals surface area contributed by atoms with Crippen LogP contribution in [0.4, 0.5) is 0 Å². The highest BCUT2D eigenvalue weighted by Gasteiger charge is 2.19. The maximum atomic E-state index is 12.9. The largest absolute Gasteiger partial charge is 0.493 e. The first-order valence-electron chi connectivity index (χ1n) is 10.5. The summed E-state index contributed by atoms with van der Waals surface area (Å²) in [7, 11) is 0. The Morgan fingerprint density at radius 2 is 1.81 bits per heavy atom. The molecule has 0 spiro atoms. The fourth-order valence-electron chi connectivity index (χ4n) is 3.60. The van der Waals surface area contributed by atoms with Crippen LogP contribution in [-0.4, -0.2) is 32.9 Å². The van der Waals surface area contributed by atoms with Gasteiger partial charge in [-0.3, -0.25) is 4.79 Å². The van der Waals surface area contributed by atoms with Crippen LogP contribution in [0.5, 0.6) is 5.75 Å². The molecular formula is C25H25N3O3S. The zero-order valence-corrected chi connectivity index (χ0v) is 19.2. The summed E-state index contributed by atoms with van der Waals surface area (Å²) in [6.07, 6.45) is 0. The molecule has 0 saturated carbocycles. The lowest BCUT2D eigenvalue weighted by molar-refractivity contribution is 0.102. The molecule has 0 N–H and O–H groups in total. The van der Waals surface area contributed by atoms with E-state index in [1.54, 1.807) is 0 Å². The predicted octanol–water partition coefficient (Wildman–Crippen LogP) is 5.58. The summed E-state index contributed by atoms with van der Waals surface area (Å²) in [4.78, 5) is 12.9. The molecule has 0 saturated heterocycles. The van der Waals surface area contributed by atoms with Crippen LogP contribution in [0.1, 0.15) is 34.2 Å². The van der Waals surface area contributed by atoms with Crippen LogP contribution in [0.2, 0.25) is 0 Å². The average Bonchev–Trinajstić information content (AvgIpc) is 3.39. The third-order valence-electron chi connectivity index (χ3n) is 5.21. The predicted molar refractivity (Wildman–Crippen MR) is 125 cm³/mol. The first kappa shape index (κ1) is 21.9. The maximum Gasteiger partial charge on any atom is 0.277 e. The molecule has 2 aromatic carbocycles. The van der Waals surface area contributed by atoms with Gasteiger partial charge in [-0.05, 0) is 44.5 Å². The molecule has 0 aliphatic carbocycles. The second kappa shape index (κ2) is 9.87. The third kappa shape index (κ3) is 4.78. The summed E-state index contributed by atoms with van der Waals surface area (Å²) < 4.78 is 13.6. The first-order chi connectivity index (χ1) is 15.6. The van der Waals surface area contributed by atoms with Gasteiger partial charge < -0.3 is 13.7 Å². The first-order valence-corrected chi connectivity index (χ1v) is 11.5. The highest BCUT2D eigenvalue weighted by atomic mass is 32.2. The zero-order valence-electron chi connectivity index (χ0n) is 18.4. The van der Waals surface area contributed by atoms with E-state index in [2.05, 4.69) is 26.9 Å². The number of carbonyl (C=O) groups excluding carboxylic acids is 1. The quantitative estimate of drug-likeness (QED) is 0.246. The fourth-order valence-corrected chi connectivity index (χ4v) is 4.25. The number of ether oxygens (including phenoxy) is 1. The Morgan fingerprint density at radius 3 is 2.59 bits per heavy atom. The van der Waals surface area contributed by atoms with Crippen LogP contribution in [-0.2, 0) is 6.54 Å². The van der Waals surface area contributed by atoms with Crippen LogP contribution in [0.25, 0.3) is 11.5 Å². The van der Waals surface area contributed by atoms with E-state index >= 15 is 0 Å². The van der Waals surface area contributed by atoms with E-state index in [0.29, 0.717) is 23.5 Å². The van der Waals surface area contributed by atoms with Gasteiger partial charge in [-0.15, -0.1) is 10.2 Å². The van der Waals surface area contributed by atoms with Gasteiger partial charge in [-0.1, -0.05) is 54.2 Å². The molecule has 2 heterocycles. The van der Waals surface area contributed by atoms with Gasteiger partial charge in [0.05, 0.1) is 17.9 Å². The zero-order chi connectivity index (χ0) is 22.5. The summed E-state index contributed by atoms with van der Waals surface area (Å²) in [5.74, 6) is 1.34. The molecule has 4 aromatic rings. The standard InChI is InChI=1S/C25H25N3O3S/c1-4-30-23-13-9-8-12-20(23)24-26-27-25(31-24)32-16-22(29)21-14-17(2)28(18(21)3)15-19-10-6-5-7-11-19/h5-14H,4,15-16H2,1-3H3. The SMILES string of the molecule is CCOc1ccccc1-c1nnc(SCC(=O)c2cc(C)n(Cc3ccccc3)c2C)o1. The number of carbonyl (C=O) groups is 1. The molecule has 0 aliphatic heterocycles. The highest BCUT2D eigenvalue weighted by molar-refractivity contribution is 7.99. The number of aromatic nitrogens is 3. The normalized spacial score (nSPS) is 11.0. The number of rotatable bonds is 9. The average molecular weight is 448 g/mol. The van der Waals surface area contributed by atoms with E-state index in [0.717, 1.165) is 29.1 Å². The van der Waals surface area contributed by atoms with E-state index in [1.165, 1.54) is 17.3 Å². The fraction of sp³-hybridized carbons (Fsp3) is 0.240. The van der Waals surface area contributed by atoms with Gasteiger partial charge in [-0.25, -0.2) is 0 Å². The molecule has 6 nitrogen and oxygen atoms in total. The number of hydrogen-bond donors (Lipinski definition) is 0. The van der Waals surface area contributed by atoms with Crippen LogP contribution in [0, 0.1) is 13.8 Å². The lowest BCUT2D eigenvalue weighted by atomic mass is 10.2. The molecule has 0 unspecified atom stereocenters. The third-order valence-corrected chi connectivity index (χ3v) is 6.03. The molecule has 0 aliphatic rings. The van der Waals surface area contributed by atoms with Crippen molar-refractivity contribution in [2.45, 2.75) is 32.5 Å². The summed E-state index contributed by atoms with van der Waals surface area (Å²) in [6.45, 7) is 7.23. The summed E-state index contributed by atoms with van der Waals surface area (Å²) in [6, 6.07) is 19.7. The summed E-state index contributed by atoms with van der Waals surface area (Å²) in [5, 5.41) is 8.58. The number of thioether (sulfide) groups is 1. The molecule has 4 rings (SSSR count). The number of aryl methyl sites for hydroxylation is 1. The number of nitrogens with zero attached hydrogens (tertiary/aromatic N) is 3. The number of hydrogen-bond acceptors (Lipinski definition) is 6. The minimum Gasteiger partial charge on any atom is -0.493 e. The van der Waals surface area contributed by atoms with Gasteiger partial charge in [-0.2, -0.15) is 0 Å². The van der Waals surface area contributed by atoms with E-state index < -0.39 is 0 Å². The Kier molecular flexibility index (Phi) is 6.75. The monoisotopic (exact) mass is 447 g/mol. The minimum absolute atomic E-state index is 0.0388. The van der Waals surface area contributed by atoms with Gasteiger partial charge in [0, 0.05) is 23.5 Å². The molecule has 32 heavy (non-hydrogen) atoms. The van der Waals surface area contributed by atoms with Crippen molar-refractivity contribution in [3.63, 3.8) is 0 Å².